The van der Waals surface area contributed by atoms with E-state index in [4.69, 9.17) is 105 Å². The van der Waals surface area contributed by atoms with Crippen molar-refractivity contribution in [2.24, 2.45) is 30.0 Å². The highest BCUT2D eigenvalue weighted by Gasteiger charge is 2.21. The van der Waals surface area contributed by atoms with E-state index in [-0.39, 0.29) is 33.4 Å². The van der Waals surface area contributed by atoms with E-state index in [1.54, 1.807) is 94.1 Å². The number of rotatable bonds is 21. The van der Waals surface area contributed by atoms with Gasteiger partial charge in [-0.25, -0.2) is 30.0 Å². The molecule has 3 amide bonds. The summed E-state index contributed by atoms with van der Waals surface area (Å²) < 4.78 is 17.1. The molecule has 0 aliphatic carbocycles. The molecular formula is C99H76Cl6N10O9. The van der Waals surface area contributed by atoms with Crippen molar-refractivity contribution in [3.05, 3.63) is 443 Å². The standard InChI is InChI=1S/C30H27N3O3.C27H18Cl3N3.C27H21N3O3.C9H3Cl3O3.C6H7N/c1-34-28(31-25-13-7-4-8-14-25)22-19-23(29(35-2)32-26-15-9-5-10-16-26)21-24(20-22)30(36-3)33-27-17-11-6-12-18-27;28-25(31-22-10-4-1-5-11-22)19-16-20(26(29)32-23-12-6-2-7-13-23)18-21(17-19)27(30)33-24-14-8-3-9-15-24;31-25(28-22-10-4-1-5-11-22)19-16-20(26(32)29-23-12-6-2-7-13-23)18-21(17-19)27(33)30-24-14-8-3-9-15-24;10-7(13)4-1-5(8(11)14)3-6(2-4)9(12)15;7-6-4-2-1-3-5-6/h4-21H,1-3H3;1-18H;1-18H,(H,28,31)(H,29,32)(H,30,33);1-3H;1-5H,7H2. The average molecular weight is 1760 g/mol. The minimum Gasteiger partial charge on any atom is -0.481 e. The fraction of sp³-hybridized carbons (Fsp3) is 0.0303. The fourth-order valence-electron chi connectivity index (χ4n) is 11.2. The number of nitrogen functional groups attached to an aromatic ring is 1. The third kappa shape index (κ3) is 29.4. The first kappa shape index (κ1) is 91.8. The Kier molecular flexibility index (Phi) is 35.6. The molecule has 124 heavy (non-hydrogen) atoms. The summed E-state index contributed by atoms with van der Waals surface area (Å²) in [6.07, 6.45) is 0. The van der Waals surface area contributed by atoms with Gasteiger partial charge in [-0.1, -0.05) is 217 Å². The summed E-state index contributed by atoms with van der Waals surface area (Å²) in [4.78, 5) is 98.9. The van der Waals surface area contributed by atoms with E-state index in [0.717, 1.165) is 56.5 Å². The number of nitrogens with zero attached hydrogens (tertiary/aromatic N) is 6. The first-order valence-corrected chi connectivity index (χ1v) is 40.0. The van der Waals surface area contributed by atoms with Gasteiger partial charge in [0.15, 0.2) is 0 Å². The third-order valence-electron chi connectivity index (χ3n) is 17.0. The van der Waals surface area contributed by atoms with Gasteiger partial charge >= 0.3 is 0 Å². The van der Waals surface area contributed by atoms with Crippen LogP contribution >= 0.6 is 69.6 Å². The molecule has 19 nitrogen and oxygen atoms in total. The van der Waals surface area contributed by atoms with E-state index < -0.39 is 33.4 Å². The highest BCUT2D eigenvalue weighted by atomic mass is 35.5. The Hall–Kier alpha value is -14.5. The second kappa shape index (κ2) is 48.0. The number of halogens is 6. The van der Waals surface area contributed by atoms with Crippen LogP contribution in [-0.4, -0.2) is 88.0 Å². The van der Waals surface area contributed by atoms with Crippen molar-refractivity contribution in [3.63, 3.8) is 0 Å². The quantitative estimate of drug-likeness (QED) is 0.0229. The van der Waals surface area contributed by atoms with Gasteiger partial charge in [-0.15, -0.1) is 0 Å². The number of nitrogens with one attached hydrogen (secondary N) is 3. The number of amides is 3. The van der Waals surface area contributed by atoms with E-state index in [1.807, 2.05) is 267 Å². The van der Waals surface area contributed by atoms with Gasteiger partial charge in [0.05, 0.1) is 55.5 Å². The minimum atomic E-state index is -0.797. The second-order valence-electron chi connectivity index (χ2n) is 26.0. The van der Waals surface area contributed by atoms with Crippen molar-refractivity contribution >= 4 is 193 Å². The molecule has 0 unspecified atom stereocenters. The Labute approximate surface area is 746 Å². The van der Waals surface area contributed by atoms with Gasteiger partial charge in [0.25, 0.3) is 33.4 Å². The van der Waals surface area contributed by atoms with Crippen LogP contribution in [0.4, 0.5) is 56.9 Å². The molecule has 0 radical (unpaired) electrons. The molecule has 0 aliphatic rings. The molecule has 0 spiro atoms. The van der Waals surface area contributed by atoms with Crippen LogP contribution in [0.25, 0.3) is 0 Å². The Morgan fingerprint density at radius 3 is 0.581 bits per heavy atom. The topological polar surface area (TPSA) is 266 Å². The Balaban J connectivity index is 0.000000173. The van der Waals surface area contributed by atoms with Gasteiger partial charge < -0.3 is 35.9 Å². The number of benzene rings is 14. The maximum Gasteiger partial charge on any atom is 0.255 e. The smallest absolute Gasteiger partial charge is 0.255 e. The summed E-state index contributed by atoms with van der Waals surface area (Å²) in [6.45, 7) is 0. The lowest BCUT2D eigenvalue weighted by molar-refractivity contribution is 0.102. The first-order valence-electron chi connectivity index (χ1n) is 37.7. The summed E-state index contributed by atoms with van der Waals surface area (Å²) in [6, 6.07) is 113. The van der Waals surface area contributed by atoms with Crippen molar-refractivity contribution < 1.29 is 43.0 Å². The van der Waals surface area contributed by atoms with E-state index in [2.05, 4.69) is 30.9 Å². The molecule has 14 aromatic rings. The Morgan fingerprint density at radius 2 is 0.395 bits per heavy atom. The second-order valence-corrected chi connectivity index (χ2v) is 28.1. The molecule has 0 aliphatic heterocycles. The molecule has 14 rings (SSSR count). The van der Waals surface area contributed by atoms with Gasteiger partial charge in [0.1, 0.15) is 15.5 Å². The number of methoxy groups -OCH3 is 3. The van der Waals surface area contributed by atoms with Gasteiger partial charge in [-0.2, -0.15) is 0 Å². The number of carbonyl (C=O) groups excluding carboxylic acids is 6. The number of anilines is 4. The van der Waals surface area contributed by atoms with Crippen LogP contribution < -0.4 is 21.7 Å². The molecule has 5 N–H and O–H groups in total. The lowest BCUT2D eigenvalue weighted by atomic mass is 10.0. The van der Waals surface area contributed by atoms with Crippen molar-refractivity contribution in [1.82, 2.24) is 0 Å². The van der Waals surface area contributed by atoms with Crippen molar-refractivity contribution in [2.45, 2.75) is 0 Å². The van der Waals surface area contributed by atoms with Gasteiger partial charge in [-0.3, -0.25) is 28.8 Å². The van der Waals surface area contributed by atoms with Crippen molar-refractivity contribution in [2.75, 3.05) is 43.0 Å². The summed E-state index contributed by atoms with van der Waals surface area (Å²) in [5.74, 6) is 0.0388. The zero-order chi connectivity index (χ0) is 88.0. The van der Waals surface area contributed by atoms with E-state index in [0.29, 0.717) is 67.0 Å². The zero-order valence-corrected chi connectivity index (χ0v) is 71.0. The van der Waals surface area contributed by atoms with Gasteiger partial charge in [0.2, 0.25) is 17.7 Å². The van der Waals surface area contributed by atoms with Crippen LogP contribution in [0.2, 0.25) is 0 Å². The van der Waals surface area contributed by atoms with E-state index >= 15 is 0 Å². The minimum absolute atomic E-state index is 0.00725. The van der Waals surface area contributed by atoms with Crippen LogP contribution in [0.15, 0.2) is 406 Å². The van der Waals surface area contributed by atoms with Crippen molar-refractivity contribution in [3.8, 4) is 0 Å². The molecule has 0 saturated heterocycles. The maximum absolute atomic E-state index is 12.9. The monoisotopic (exact) mass is 1760 g/mol. The van der Waals surface area contributed by atoms with Crippen LogP contribution in [-0.2, 0) is 14.2 Å². The predicted octanol–water partition coefficient (Wildman–Crippen LogP) is 25.0. The number of carbonyl (C=O) groups is 6. The zero-order valence-electron chi connectivity index (χ0n) is 66.5. The fourth-order valence-corrected chi connectivity index (χ4v) is 12.1. The van der Waals surface area contributed by atoms with Crippen LogP contribution in [0.3, 0.4) is 0 Å². The maximum atomic E-state index is 12.9. The average Bonchev–Trinajstić information content (AvgIpc) is 0.821. The van der Waals surface area contributed by atoms with Crippen molar-refractivity contribution in [1.29, 1.82) is 0 Å². The molecule has 14 aromatic carbocycles. The highest BCUT2D eigenvalue weighted by Crippen LogP contribution is 2.28. The summed E-state index contributed by atoms with van der Waals surface area (Å²) in [7, 11) is 4.79. The van der Waals surface area contributed by atoms with Crippen LogP contribution in [0.1, 0.15) is 95.5 Å². The van der Waals surface area contributed by atoms with E-state index in [9.17, 15) is 28.8 Å². The normalized spacial score (nSPS) is 11.3. The molecule has 0 atom stereocenters. The molecule has 0 aromatic heterocycles. The number of aliphatic imine (C=N–C) groups is 6. The molecule has 25 heteroatoms. The van der Waals surface area contributed by atoms with Gasteiger partial charge in [0, 0.05) is 89.5 Å². The Morgan fingerprint density at radius 1 is 0.226 bits per heavy atom. The SMILES string of the molecule is COC(=Nc1ccccc1)c1cc(C(=Nc2ccccc2)OC)cc(C(=Nc2ccccc2)OC)c1.ClC(=Nc1ccccc1)c1cc(C(Cl)=Nc2ccccc2)cc(C(Cl)=Nc2ccccc2)c1.Nc1ccccc1.O=C(Cl)c1cc(C(=O)Cl)cc(C(=O)Cl)c1.O=C(Nc1ccccc1)c1cc(C(=O)Nc2ccccc2)cc(C(=O)Nc2ccccc2)c1. The number of nitrogens with two attached hydrogens (primary N) is 1. The number of hydrogen-bond acceptors (Lipinski definition) is 16. The third-order valence-corrected chi connectivity index (χ3v) is 18.6. The summed E-state index contributed by atoms with van der Waals surface area (Å²) in [5.41, 5.74) is 17.2. The number of hydrogen-bond donors (Lipinski definition) is 4. The molecule has 0 saturated carbocycles. The molecule has 618 valence electrons. The lowest BCUT2D eigenvalue weighted by Crippen LogP contribution is -2.19. The summed E-state index contributed by atoms with van der Waals surface area (Å²) in [5, 5.41) is 6.88. The first-order chi connectivity index (χ1) is 60.2. The molecular weight excluding hydrogens is 1690 g/mol. The molecule has 0 bridgehead atoms. The van der Waals surface area contributed by atoms with Crippen LogP contribution in [0, 0.1) is 0 Å². The number of ether oxygens (including phenoxy) is 3. The highest BCUT2D eigenvalue weighted by molar-refractivity contribution is 6.73. The van der Waals surface area contributed by atoms with Crippen LogP contribution in [0.5, 0.6) is 0 Å². The molecule has 0 heterocycles. The largest absolute Gasteiger partial charge is 0.481 e. The van der Waals surface area contributed by atoms with E-state index in [1.165, 1.54) is 36.4 Å². The van der Waals surface area contributed by atoms with Gasteiger partial charge in [-0.05, 0) is 229 Å². The molecule has 0 fully saturated rings. The number of para-hydroxylation sites is 10. The lowest BCUT2D eigenvalue weighted by Gasteiger charge is -2.13. The summed E-state index contributed by atoms with van der Waals surface area (Å²) >= 11 is 35.4. The predicted molar refractivity (Wildman–Crippen MR) is 505 cm³/mol. The Bertz CT molecular complexity index is 5540.